The van der Waals surface area contributed by atoms with E-state index in [1.807, 2.05) is 52.0 Å². The van der Waals surface area contributed by atoms with Gasteiger partial charge in [-0.05, 0) is 75.4 Å². The third-order valence-corrected chi connectivity index (χ3v) is 13.9. The summed E-state index contributed by atoms with van der Waals surface area (Å²) in [6, 6.07) is 8.96. The van der Waals surface area contributed by atoms with Gasteiger partial charge in [-0.3, -0.25) is 0 Å². The lowest BCUT2D eigenvalue weighted by atomic mass is 9.83. The summed E-state index contributed by atoms with van der Waals surface area (Å²) in [5, 5.41) is 17.9. The minimum Gasteiger partial charge on any atom is -0.481 e. The number of aromatic nitrogens is 2. The number of aliphatic hydroxyl groups is 1. The molecule has 0 aliphatic carbocycles. The molecule has 47 heavy (non-hydrogen) atoms. The van der Waals surface area contributed by atoms with E-state index in [1.54, 1.807) is 6.07 Å². The highest BCUT2D eigenvalue weighted by Crippen LogP contribution is 2.41. The van der Waals surface area contributed by atoms with Gasteiger partial charge in [0.2, 0.25) is 5.88 Å². The number of methoxy groups -OCH3 is 2. The number of hydrogen-bond donors (Lipinski definition) is 3. The van der Waals surface area contributed by atoms with Crippen LogP contribution in [-0.2, 0) is 20.5 Å². The largest absolute Gasteiger partial charge is 0.481 e. The Bertz CT molecular complexity index is 1280. The van der Waals surface area contributed by atoms with Crippen LogP contribution >= 0.6 is 15.9 Å². The van der Waals surface area contributed by atoms with Crippen molar-refractivity contribution in [3.05, 3.63) is 46.1 Å². The van der Waals surface area contributed by atoms with Crippen LogP contribution in [0.25, 0.3) is 0 Å². The second-order valence-electron chi connectivity index (χ2n) is 14.9. The van der Waals surface area contributed by atoms with Crippen LogP contribution in [0, 0.1) is 5.92 Å². The van der Waals surface area contributed by atoms with Crippen molar-refractivity contribution in [2.24, 2.45) is 5.92 Å². The van der Waals surface area contributed by atoms with E-state index in [4.69, 9.17) is 23.4 Å². The van der Waals surface area contributed by atoms with Crippen molar-refractivity contribution in [3.8, 4) is 11.9 Å². The Hall–Kier alpha value is -2.29. The Morgan fingerprint density at radius 3 is 2.34 bits per heavy atom. The average molecular weight is 740 g/mol. The van der Waals surface area contributed by atoms with Crippen LogP contribution in [0.5, 0.6) is 11.9 Å². The van der Waals surface area contributed by atoms with Gasteiger partial charge in [-0.15, -0.1) is 0 Å². The second kappa shape index (κ2) is 16.4. The van der Waals surface area contributed by atoms with E-state index in [9.17, 15) is 9.90 Å². The zero-order valence-corrected chi connectivity index (χ0v) is 32.4. The minimum atomic E-state index is -2.45. The maximum Gasteiger partial charge on any atom is 0.407 e. The predicted octanol–water partition coefficient (Wildman–Crippen LogP) is 6.55. The SMILES string of the molecule is COc1cc([C@@H](O[Si](C)(C)C(C)(C)C)[C@@H](C[C@H]2C[C@@H](O)[C@H](C)C(COCc3ccc(Br)cc3)N2)NC(=O)OC(C)(C)C)nc(OC)n1. The van der Waals surface area contributed by atoms with Crippen molar-refractivity contribution in [3.63, 3.8) is 0 Å². The van der Waals surface area contributed by atoms with Gasteiger partial charge in [-0.2, -0.15) is 9.97 Å². The third kappa shape index (κ3) is 11.7. The first kappa shape index (κ1) is 39.1. The molecule has 1 saturated heterocycles. The van der Waals surface area contributed by atoms with E-state index in [-0.39, 0.29) is 29.1 Å². The second-order valence-corrected chi connectivity index (χ2v) is 20.6. The van der Waals surface area contributed by atoms with Crippen LogP contribution in [0.2, 0.25) is 18.1 Å². The molecule has 0 saturated carbocycles. The van der Waals surface area contributed by atoms with E-state index in [1.165, 1.54) is 14.2 Å². The summed E-state index contributed by atoms with van der Waals surface area (Å²) in [7, 11) is 0.568. The molecule has 1 aliphatic heterocycles. The molecule has 6 atom stereocenters. The summed E-state index contributed by atoms with van der Waals surface area (Å²) < 4.78 is 30.8. The van der Waals surface area contributed by atoms with Crippen LogP contribution in [0.15, 0.2) is 34.8 Å². The predicted molar refractivity (Wildman–Crippen MR) is 188 cm³/mol. The fourth-order valence-corrected chi connectivity index (χ4v) is 6.71. The normalized spacial score (nSPS) is 21.9. The average Bonchev–Trinajstić information content (AvgIpc) is 2.97. The third-order valence-electron chi connectivity index (χ3n) is 8.92. The van der Waals surface area contributed by atoms with Gasteiger partial charge >= 0.3 is 12.1 Å². The Morgan fingerprint density at radius 1 is 1.11 bits per heavy atom. The summed E-state index contributed by atoms with van der Waals surface area (Å²) in [5.74, 6) is 0.276. The van der Waals surface area contributed by atoms with E-state index in [0.717, 1.165) is 10.0 Å². The van der Waals surface area contributed by atoms with Crippen molar-refractivity contribution in [2.75, 3.05) is 20.8 Å². The molecule has 1 aromatic heterocycles. The van der Waals surface area contributed by atoms with Crippen molar-refractivity contribution in [1.82, 2.24) is 20.6 Å². The molecule has 0 bridgehead atoms. The van der Waals surface area contributed by atoms with Crippen molar-refractivity contribution < 1.29 is 33.3 Å². The Labute approximate surface area is 290 Å². The molecule has 0 radical (unpaired) electrons. The van der Waals surface area contributed by atoms with E-state index in [2.05, 4.69) is 70.4 Å². The summed E-state index contributed by atoms with van der Waals surface area (Å²) in [4.78, 5) is 22.4. The number of amides is 1. The fourth-order valence-electron chi connectivity index (χ4n) is 5.17. The number of nitrogens with zero attached hydrogens (tertiary/aromatic N) is 2. The van der Waals surface area contributed by atoms with Crippen molar-refractivity contribution in [2.45, 2.75) is 122 Å². The maximum absolute atomic E-state index is 13.4. The molecule has 3 N–H and O–H groups in total. The van der Waals surface area contributed by atoms with Crippen LogP contribution < -0.4 is 20.1 Å². The first-order valence-electron chi connectivity index (χ1n) is 16.2. The molecular formula is C34H55BrN4O7Si. The molecule has 264 valence electrons. The lowest BCUT2D eigenvalue weighted by Crippen LogP contribution is -2.57. The quantitative estimate of drug-likeness (QED) is 0.195. The van der Waals surface area contributed by atoms with Crippen LogP contribution in [0.4, 0.5) is 4.79 Å². The zero-order valence-electron chi connectivity index (χ0n) is 29.8. The highest BCUT2D eigenvalue weighted by Gasteiger charge is 2.44. The van der Waals surface area contributed by atoms with Crippen LogP contribution in [0.1, 0.15) is 78.7 Å². The summed E-state index contributed by atoms with van der Waals surface area (Å²) in [5.41, 5.74) is 0.869. The maximum atomic E-state index is 13.4. The lowest BCUT2D eigenvalue weighted by Gasteiger charge is -2.44. The van der Waals surface area contributed by atoms with E-state index >= 15 is 0 Å². The number of carbonyl (C=O) groups excluding carboxylic acids is 1. The molecule has 13 heteroatoms. The molecule has 3 rings (SSSR count). The van der Waals surface area contributed by atoms with Gasteiger partial charge in [0.05, 0.1) is 45.3 Å². The number of alkyl carbamates (subject to hydrolysis) is 1. The molecule has 1 aliphatic rings. The van der Waals surface area contributed by atoms with E-state index < -0.39 is 38.3 Å². The molecule has 2 aromatic rings. The van der Waals surface area contributed by atoms with Gasteiger partial charge < -0.3 is 39.1 Å². The Kier molecular flexibility index (Phi) is 13.7. The molecule has 1 fully saturated rings. The molecule has 0 spiro atoms. The summed E-state index contributed by atoms with van der Waals surface area (Å²) in [6.45, 7) is 19.2. The highest BCUT2D eigenvalue weighted by molar-refractivity contribution is 9.10. The first-order valence-corrected chi connectivity index (χ1v) is 19.9. The number of halogens is 1. The molecular weight excluding hydrogens is 684 g/mol. The first-order chi connectivity index (χ1) is 21.8. The number of aliphatic hydroxyl groups excluding tert-OH is 1. The summed E-state index contributed by atoms with van der Waals surface area (Å²) >= 11 is 3.47. The Morgan fingerprint density at radius 2 is 1.77 bits per heavy atom. The molecule has 11 nitrogen and oxygen atoms in total. The number of benzene rings is 1. The minimum absolute atomic E-state index is 0.0388. The van der Waals surface area contributed by atoms with Crippen LogP contribution in [0.3, 0.4) is 0 Å². The number of ether oxygens (including phenoxy) is 4. The molecule has 1 aromatic carbocycles. The number of carbonyl (C=O) groups is 1. The topological polar surface area (TPSA) is 133 Å². The van der Waals surface area contributed by atoms with Gasteiger partial charge in [0.25, 0.3) is 0 Å². The zero-order chi connectivity index (χ0) is 35.2. The monoisotopic (exact) mass is 738 g/mol. The van der Waals surface area contributed by atoms with Gasteiger partial charge in [-0.25, -0.2) is 4.79 Å². The molecule has 1 amide bonds. The number of piperidine rings is 1. The van der Waals surface area contributed by atoms with Crippen molar-refractivity contribution >= 4 is 30.3 Å². The van der Waals surface area contributed by atoms with Gasteiger partial charge in [0, 0.05) is 22.6 Å². The fraction of sp³-hybridized carbons (Fsp3) is 0.676. The van der Waals surface area contributed by atoms with Gasteiger partial charge in [0.15, 0.2) is 8.32 Å². The van der Waals surface area contributed by atoms with Gasteiger partial charge in [-0.1, -0.05) is 55.8 Å². The lowest BCUT2D eigenvalue weighted by molar-refractivity contribution is -0.00535. The van der Waals surface area contributed by atoms with E-state index in [0.29, 0.717) is 37.6 Å². The molecule has 2 heterocycles. The van der Waals surface area contributed by atoms with Gasteiger partial charge in [0.1, 0.15) is 11.7 Å². The molecule has 1 unspecified atom stereocenters. The van der Waals surface area contributed by atoms with Crippen molar-refractivity contribution in [1.29, 1.82) is 0 Å². The highest BCUT2D eigenvalue weighted by atomic mass is 79.9. The Balaban J connectivity index is 1.96. The van der Waals surface area contributed by atoms with Crippen LogP contribution in [-0.4, -0.2) is 80.1 Å². The number of hydrogen-bond acceptors (Lipinski definition) is 10. The number of nitrogens with one attached hydrogen (secondary N) is 2. The smallest absolute Gasteiger partial charge is 0.407 e. The summed E-state index contributed by atoms with van der Waals surface area (Å²) in [6.07, 6.45) is -0.943. The number of rotatable bonds is 13. The standard InChI is InChI=1S/C34H55BrN4O7Si/c1-21-27(20-44-19-22-12-14-23(35)15-13-22)36-24(17-28(21)40)16-25(38-32(41)45-33(2,3)4)30(46-47(10,11)34(5,6)7)26-18-29(42-8)39-31(37-26)43-9/h12-15,18,21,24-25,27-28,30,36,40H,16-17,19-20H2,1-11H3,(H,38,41)/t21-,24+,25-,27?,28-,30+/m1/s1.